The van der Waals surface area contributed by atoms with Crippen LogP contribution in [-0.2, 0) is 20.9 Å². The van der Waals surface area contributed by atoms with Crippen molar-refractivity contribution in [1.82, 2.24) is 0 Å². The maximum absolute atomic E-state index is 6.70. The molecule has 0 aromatic carbocycles. The summed E-state index contributed by atoms with van der Waals surface area (Å²) in [4.78, 5) is 0. The standard InChI is InChI=1S/C16H43O5Si6/c1-15(22-17-16(2,3)4)24(7,8)19-26(11,12)21-27(13,14)20-25(9,10)18-23(5)6/h15H,1-14H3. The van der Waals surface area contributed by atoms with Gasteiger partial charge in [0.15, 0.2) is 17.4 Å². The van der Waals surface area contributed by atoms with Gasteiger partial charge in [-0.2, -0.15) is 0 Å². The Balaban J connectivity index is 4.97. The average Bonchev–Trinajstić information content (AvgIpc) is 2.27. The van der Waals surface area contributed by atoms with E-state index >= 15 is 0 Å². The van der Waals surface area contributed by atoms with Gasteiger partial charge in [0, 0.05) is 5.60 Å². The van der Waals surface area contributed by atoms with Gasteiger partial charge in [-0.05, 0) is 91.4 Å². The minimum Gasteiger partial charge on any atom is -0.437 e. The van der Waals surface area contributed by atoms with Crippen LogP contribution in [0.3, 0.4) is 0 Å². The zero-order valence-corrected chi connectivity index (χ0v) is 26.1. The van der Waals surface area contributed by atoms with Crippen LogP contribution in [0.1, 0.15) is 27.7 Å². The van der Waals surface area contributed by atoms with Crippen molar-refractivity contribution in [2.75, 3.05) is 0 Å². The third-order valence-electron chi connectivity index (χ3n) is 3.53. The normalized spacial score (nSPS) is 16.1. The Labute approximate surface area is 177 Å². The first-order valence-corrected chi connectivity index (χ1v) is 24.5. The van der Waals surface area contributed by atoms with Gasteiger partial charge in [-0.3, -0.25) is 0 Å². The fourth-order valence-corrected chi connectivity index (χ4v) is 26.0. The molecule has 27 heavy (non-hydrogen) atoms. The molecule has 0 aliphatic carbocycles. The molecule has 0 bridgehead atoms. The monoisotopic (exact) mass is 483 g/mol. The summed E-state index contributed by atoms with van der Waals surface area (Å²) in [6, 6.07) is 0. The molecule has 0 spiro atoms. The Hall–Kier alpha value is 1.10. The number of hydrogen-bond acceptors (Lipinski definition) is 5. The largest absolute Gasteiger partial charge is 0.437 e. The summed E-state index contributed by atoms with van der Waals surface area (Å²) in [7, 11) is -9.14. The van der Waals surface area contributed by atoms with Crippen LogP contribution in [0, 0.1) is 0 Å². The molecule has 0 aromatic rings. The molecule has 11 heteroatoms. The van der Waals surface area contributed by atoms with Gasteiger partial charge in [0.2, 0.25) is 9.76 Å². The van der Waals surface area contributed by atoms with Crippen molar-refractivity contribution in [3.63, 3.8) is 0 Å². The third kappa shape index (κ3) is 13.1. The highest BCUT2D eigenvalue weighted by Crippen LogP contribution is 2.30. The average molecular weight is 484 g/mol. The van der Waals surface area contributed by atoms with E-state index in [1.54, 1.807) is 0 Å². The lowest BCUT2D eigenvalue weighted by molar-refractivity contribution is 0.137. The lowest BCUT2D eigenvalue weighted by Crippen LogP contribution is -2.58. The van der Waals surface area contributed by atoms with Crippen LogP contribution in [0.5, 0.6) is 0 Å². The molecule has 0 amide bonds. The Morgan fingerprint density at radius 2 is 1.15 bits per heavy atom. The van der Waals surface area contributed by atoms with Crippen LogP contribution in [0.4, 0.5) is 0 Å². The molecule has 5 nitrogen and oxygen atoms in total. The van der Waals surface area contributed by atoms with Gasteiger partial charge in [0.1, 0.15) is 0 Å². The van der Waals surface area contributed by atoms with E-state index in [0.29, 0.717) is 14.9 Å². The predicted molar refractivity (Wildman–Crippen MR) is 128 cm³/mol. The second-order valence-corrected chi connectivity index (χ2v) is 29.6. The summed E-state index contributed by atoms with van der Waals surface area (Å²) >= 11 is 0. The van der Waals surface area contributed by atoms with Crippen molar-refractivity contribution in [3.05, 3.63) is 0 Å². The molecule has 0 fully saturated rings. The first-order valence-electron chi connectivity index (χ1n) is 9.70. The molecule has 161 valence electrons. The number of rotatable bonds is 11. The van der Waals surface area contributed by atoms with Crippen LogP contribution >= 0.6 is 0 Å². The summed E-state index contributed by atoms with van der Waals surface area (Å²) in [6.07, 6.45) is 0. The van der Waals surface area contributed by atoms with E-state index in [9.17, 15) is 0 Å². The van der Waals surface area contributed by atoms with E-state index in [1.165, 1.54) is 0 Å². The molecule has 0 rings (SSSR count). The molecule has 0 heterocycles. The molecule has 1 unspecified atom stereocenters. The van der Waals surface area contributed by atoms with Crippen molar-refractivity contribution < 1.29 is 20.9 Å². The van der Waals surface area contributed by atoms with Crippen LogP contribution in [-0.4, -0.2) is 58.4 Å². The van der Waals surface area contributed by atoms with Gasteiger partial charge < -0.3 is 20.9 Å². The minimum absolute atomic E-state index is 0.113. The molecule has 0 saturated carbocycles. The lowest BCUT2D eigenvalue weighted by atomic mass is 10.2. The van der Waals surface area contributed by atoms with Crippen LogP contribution in [0.15, 0.2) is 0 Å². The van der Waals surface area contributed by atoms with Gasteiger partial charge in [-0.25, -0.2) is 0 Å². The van der Waals surface area contributed by atoms with Gasteiger partial charge in [0.05, 0.1) is 0 Å². The second kappa shape index (κ2) is 9.94. The van der Waals surface area contributed by atoms with E-state index in [1.807, 2.05) is 0 Å². The van der Waals surface area contributed by atoms with Gasteiger partial charge >= 0.3 is 25.7 Å². The highest BCUT2D eigenvalue weighted by Gasteiger charge is 2.45. The van der Waals surface area contributed by atoms with Crippen LogP contribution in [0.25, 0.3) is 0 Å². The first-order chi connectivity index (χ1) is 11.7. The predicted octanol–water partition coefficient (Wildman–Crippen LogP) is 5.40. The van der Waals surface area contributed by atoms with E-state index in [2.05, 4.69) is 93.2 Å². The Morgan fingerprint density at radius 3 is 1.56 bits per heavy atom. The van der Waals surface area contributed by atoms with Crippen LogP contribution in [0.2, 0.25) is 70.6 Å². The van der Waals surface area contributed by atoms with E-state index in [0.717, 1.165) is 0 Å². The highest BCUT2D eigenvalue weighted by atomic mass is 28.5. The molecular formula is C16H43O5Si6. The summed E-state index contributed by atoms with van der Waals surface area (Å²) in [6.45, 7) is 30.1. The van der Waals surface area contributed by atoms with Crippen molar-refractivity contribution in [2.24, 2.45) is 0 Å². The van der Waals surface area contributed by atoms with Crippen LogP contribution < -0.4 is 0 Å². The molecule has 0 N–H and O–H groups in total. The van der Waals surface area contributed by atoms with Gasteiger partial charge in [-0.1, -0.05) is 6.92 Å². The Bertz CT molecular complexity index is 463. The Morgan fingerprint density at radius 1 is 0.741 bits per heavy atom. The smallest absolute Gasteiger partial charge is 0.314 e. The number of hydrogen-bond donors (Lipinski definition) is 0. The van der Waals surface area contributed by atoms with E-state index in [4.69, 9.17) is 20.9 Å². The zero-order valence-electron chi connectivity index (χ0n) is 20.1. The van der Waals surface area contributed by atoms with Crippen molar-refractivity contribution in [2.45, 2.75) is 104 Å². The summed E-state index contributed by atoms with van der Waals surface area (Å²) in [5.41, 5.74) is -0.113. The summed E-state index contributed by atoms with van der Waals surface area (Å²) < 4.78 is 31.9. The Kier molecular flexibility index (Phi) is 10.3. The van der Waals surface area contributed by atoms with Crippen molar-refractivity contribution in [3.8, 4) is 0 Å². The quantitative estimate of drug-likeness (QED) is 0.368. The molecule has 0 aromatic heterocycles. The fraction of sp³-hybridized carbons (Fsp3) is 1.00. The second-order valence-electron chi connectivity index (χ2n) is 10.2. The third-order valence-corrected chi connectivity index (χ3v) is 24.7. The van der Waals surface area contributed by atoms with E-state index < -0.39 is 43.0 Å². The maximum Gasteiger partial charge on any atom is 0.314 e. The molecule has 0 aliphatic rings. The zero-order chi connectivity index (χ0) is 21.9. The molecule has 0 aliphatic heterocycles. The summed E-state index contributed by atoms with van der Waals surface area (Å²) in [5.74, 6) is 0. The summed E-state index contributed by atoms with van der Waals surface area (Å²) in [5, 5.41) is 0.414. The molecule has 0 saturated heterocycles. The molecule has 3 radical (unpaired) electrons. The first kappa shape index (κ1) is 28.1. The highest BCUT2D eigenvalue weighted by molar-refractivity contribution is 6.91. The minimum atomic E-state index is -2.34. The van der Waals surface area contributed by atoms with Crippen molar-refractivity contribution >= 4 is 52.8 Å². The maximum atomic E-state index is 6.70. The SMILES string of the molecule is CC([Si]OC(C)(C)C)[Si](C)(C)O[Si](C)(C)O[Si](C)(C)O[Si](C)(C)O[Si](C)C. The van der Waals surface area contributed by atoms with E-state index in [-0.39, 0.29) is 5.60 Å². The van der Waals surface area contributed by atoms with Gasteiger partial charge in [-0.15, -0.1) is 0 Å². The fourth-order valence-electron chi connectivity index (χ4n) is 2.87. The molecular weight excluding hydrogens is 441 g/mol. The lowest BCUT2D eigenvalue weighted by Gasteiger charge is -2.42. The van der Waals surface area contributed by atoms with Gasteiger partial charge in [0.25, 0.3) is 0 Å². The van der Waals surface area contributed by atoms with Crippen molar-refractivity contribution in [1.29, 1.82) is 0 Å². The molecule has 1 atom stereocenters. The topological polar surface area (TPSA) is 46.2 Å².